The number of unbranched alkanes of at least 4 members (excludes halogenated alkanes) is 1. The van der Waals surface area contributed by atoms with Crippen molar-refractivity contribution in [3.05, 3.63) is 22.4 Å². The van der Waals surface area contributed by atoms with E-state index in [0.717, 1.165) is 32.2 Å². The van der Waals surface area contributed by atoms with Crippen molar-refractivity contribution in [2.45, 2.75) is 52.5 Å². The lowest BCUT2D eigenvalue weighted by Crippen LogP contribution is -2.32. The Bertz CT molecular complexity index is 401. The van der Waals surface area contributed by atoms with Crippen LogP contribution in [0.3, 0.4) is 0 Å². The molecule has 0 fully saturated rings. The molecule has 1 rings (SSSR count). The van der Waals surface area contributed by atoms with Gasteiger partial charge in [0.15, 0.2) is 0 Å². The summed E-state index contributed by atoms with van der Waals surface area (Å²) in [6.07, 6.45) is 3.86. The molecule has 1 aromatic rings. The molecule has 114 valence electrons. The standard InChI is InChI=1S/C16H27NO2S/c1-13(12-14-8-7-11-20-14)17(4)10-6-5-9-16(2,3)15(18)19/h7-8,11,13H,5-6,9-10,12H2,1-4H3,(H,18,19). The van der Waals surface area contributed by atoms with Gasteiger partial charge in [0.2, 0.25) is 0 Å². The molecular weight excluding hydrogens is 270 g/mol. The molecule has 3 nitrogen and oxygen atoms in total. The van der Waals surface area contributed by atoms with Crippen LogP contribution in [0.4, 0.5) is 0 Å². The molecule has 0 aliphatic carbocycles. The van der Waals surface area contributed by atoms with E-state index in [1.165, 1.54) is 4.88 Å². The first-order valence-electron chi connectivity index (χ1n) is 7.29. The zero-order valence-electron chi connectivity index (χ0n) is 13.1. The van der Waals surface area contributed by atoms with Crippen molar-refractivity contribution in [1.82, 2.24) is 4.90 Å². The highest BCUT2D eigenvalue weighted by Gasteiger charge is 2.26. The van der Waals surface area contributed by atoms with Gasteiger partial charge in [-0.25, -0.2) is 0 Å². The Morgan fingerprint density at radius 2 is 2.15 bits per heavy atom. The quantitative estimate of drug-likeness (QED) is 0.703. The van der Waals surface area contributed by atoms with Gasteiger partial charge in [-0.3, -0.25) is 4.79 Å². The number of carboxylic acids is 1. The van der Waals surface area contributed by atoms with E-state index in [0.29, 0.717) is 6.04 Å². The third-order valence-corrected chi connectivity index (χ3v) is 4.87. The highest BCUT2D eigenvalue weighted by molar-refractivity contribution is 7.09. The van der Waals surface area contributed by atoms with E-state index in [1.54, 1.807) is 13.8 Å². The second-order valence-electron chi connectivity index (χ2n) is 6.26. The molecule has 0 saturated heterocycles. The Kier molecular flexibility index (Phi) is 6.69. The summed E-state index contributed by atoms with van der Waals surface area (Å²) in [6, 6.07) is 4.81. The van der Waals surface area contributed by atoms with Crippen molar-refractivity contribution in [3.63, 3.8) is 0 Å². The molecule has 1 heterocycles. The van der Waals surface area contributed by atoms with Crippen LogP contribution in [0.15, 0.2) is 17.5 Å². The number of aliphatic carboxylic acids is 1. The summed E-state index contributed by atoms with van der Waals surface area (Å²) < 4.78 is 0. The molecule has 0 aromatic carbocycles. The van der Waals surface area contributed by atoms with Crippen LogP contribution in [0.1, 0.15) is 44.9 Å². The summed E-state index contributed by atoms with van der Waals surface area (Å²) in [5, 5.41) is 11.2. The van der Waals surface area contributed by atoms with Gasteiger partial charge >= 0.3 is 5.97 Å². The fraction of sp³-hybridized carbons (Fsp3) is 0.688. The Labute approximate surface area is 126 Å². The fourth-order valence-corrected chi connectivity index (χ4v) is 2.96. The Hall–Kier alpha value is -0.870. The summed E-state index contributed by atoms with van der Waals surface area (Å²) in [5.41, 5.74) is -0.596. The van der Waals surface area contributed by atoms with Crippen LogP contribution in [0, 0.1) is 5.41 Å². The third-order valence-electron chi connectivity index (χ3n) is 3.97. The van der Waals surface area contributed by atoms with Crippen LogP contribution in [0.2, 0.25) is 0 Å². The number of nitrogens with zero attached hydrogens (tertiary/aromatic N) is 1. The summed E-state index contributed by atoms with van der Waals surface area (Å²) in [5.74, 6) is -0.697. The maximum atomic E-state index is 11.0. The van der Waals surface area contributed by atoms with Crippen LogP contribution >= 0.6 is 11.3 Å². The number of carboxylic acid groups (broad SMARTS) is 1. The molecule has 0 radical (unpaired) electrons. The number of thiophene rings is 1. The minimum absolute atomic E-state index is 0.529. The van der Waals surface area contributed by atoms with Gasteiger partial charge in [0.05, 0.1) is 5.41 Å². The molecule has 0 saturated carbocycles. The first-order chi connectivity index (χ1) is 9.33. The van der Waals surface area contributed by atoms with Crippen molar-refractivity contribution in [2.24, 2.45) is 5.41 Å². The van der Waals surface area contributed by atoms with Gasteiger partial charge in [0.1, 0.15) is 0 Å². The molecule has 0 aliphatic heterocycles. The monoisotopic (exact) mass is 297 g/mol. The van der Waals surface area contributed by atoms with E-state index in [1.807, 2.05) is 11.3 Å². The smallest absolute Gasteiger partial charge is 0.309 e. The van der Waals surface area contributed by atoms with Crippen molar-refractivity contribution >= 4 is 17.3 Å². The van der Waals surface area contributed by atoms with Crippen molar-refractivity contribution in [2.75, 3.05) is 13.6 Å². The topological polar surface area (TPSA) is 40.5 Å². The number of carbonyl (C=O) groups is 1. The molecular formula is C16H27NO2S. The van der Waals surface area contributed by atoms with E-state index in [9.17, 15) is 4.79 Å². The molecule has 0 amide bonds. The fourth-order valence-electron chi connectivity index (χ4n) is 2.13. The predicted octanol–water partition coefficient (Wildman–Crippen LogP) is 3.89. The highest BCUT2D eigenvalue weighted by Crippen LogP contribution is 2.23. The Morgan fingerprint density at radius 1 is 1.45 bits per heavy atom. The highest BCUT2D eigenvalue weighted by atomic mass is 32.1. The zero-order valence-corrected chi connectivity index (χ0v) is 13.9. The lowest BCUT2D eigenvalue weighted by molar-refractivity contribution is -0.147. The summed E-state index contributed by atoms with van der Waals surface area (Å²) in [7, 11) is 2.15. The van der Waals surface area contributed by atoms with E-state index in [2.05, 4.69) is 36.4 Å². The van der Waals surface area contributed by atoms with Crippen LogP contribution in [-0.2, 0) is 11.2 Å². The second kappa shape index (κ2) is 7.79. The van der Waals surface area contributed by atoms with Gasteiger partial charge in [-0.15, -0.1) is 11.3 Å². The Balaban J connectivity index is 2.22. The first kappa shape index (κ1) is 17.2. The molecule has 20 heavy (non-hydrogen) atoms. The first-order valence-corrected chi connectivity index (χ1v) is 8.17. The number of hydrogen-bond donors (Lipinski definition) is 1. The van der Waals surface area contributed by atoms with Gasteiger partial charge in [0.25, 0.3) is 0 Å². The third kappa shape index (κ3) is 5.63. The molecule has 0 bridgehead atoms. The number of rotatable bonds is 9. The van der Waals surface area contributed by atoms with Gasteiger partial charge < -0.3 is 10.0 Å². The average Bonchev–Trinajstić information content (AvgIpc) is 2.86. The zero-order chi connectivity index (χ0) is 15.2. The Morgan fingerprint density at radius 3 is 2.70 bits per heavy atom. The molecule has 4 heteroatoms. The minimum Gasteiger partial charge on any atom is -0.481 e. The minimum atomic E-state index is -0.697. The largest absolute Gasteiger partial charge is 0.481 e. The SMILES string of the molecule is CC(Cc1cccs1)N(C)CCCCC(C)(C)C(=O)O. The van der Waals surface area contributed by atoms with Crippen LogP contribution in [-0.4, -0.2) is 35.6 Å². The van der Waals surface area contributed by atoms with Gasteiger partial charge in [-0.1, -0.05) is 12.5 Å². The van der Waals surface area contributed by atoms with Gasteiger partial charge in [0, 0.05) is 10.9 Å². The van der Waals surface area contributed by atoms with Crippen LogP contribution in [0.5, 0.6) is 0 Å². The van der Waals surface area contributed by atoms with Crippen molar-refractivity contribution in [3.8, 4) is 0 Å². The summed E-state index contributed by atoms with van der Waals surface area (Å²) in [4.78, 5) is 14.8. The predicted molar refractivity (Wildman–Crippen MR) is 85.4 cm³/mol. The molecule has 1 aromatic heterocycles. The number of likely N-dealkylation sites (N-methyl/N-ethyl adjacent to an activating group) is 1. The van der Waals surface area contributed by atoms with Gasteiger partial charge in [-0.05, 0) is 65.1 Å². The maximum Gasteiger partial charge on any atom is 0.309 e. The lowest BCUT2D eigenvalue weighted by Gasteiger charge is -2.25. The molecule has 1 unspecified atom stereocenters. The molecule has 0 aliphatic rings. The van der Waals surface area contributed by atoms with E-state index >= 15 is 0 Å². The second-order valence-corrected chi connectivity index (χ2v) is 7.29. The van der Waals surface area contributed by atoms with Crippen LogP contribution in [0.25, 0.3) is 0 Å². The maximum absolute atomic E-state index is 11.0. The summed E-state index contributed by atoms with van der Waals surface area (Å²) >= 11 is 1.81. The van der Waals surface area contributed by atoms with Crippen molar-refractivity contribution in [1.29, 1.82) is 0 Å². The lowest BCUT2D eigenvalue weighted by atomic mass is 9.87. The molecule has 1 N–H and O–H groups in total. The number of hydrogen-bond acceptors (Lipinski definition) is 3. The van der Waals surface area contributed by atoms with Crippen molar-refractivity contribution < 1.29 is 9.90 Å². The normalized spacial score (nSPS) is 13.7. The molecule has 0 spiro atoms. The van der Waals surface area contributed by atoms with E-state index in [-0.39, 0.29) is 0 Å². The van der Waals surface area contributed by atoms with E-state index in [4.69, 9.17) is 5.11 Å². The van der Waals surface area contributed by atoms with E-state index < -0.39 is 11.4 Å². The van der Waals surface area contributed by atoms with Gasteiger partial charge in [-0.2, -0.15) is 0 Å². The average molecular weight is 297 g/mol. The molecule has 1 atom stereocenters. The summed E-state index contributed by atoms with van der Waals surface area (Å²) in [6.45, 7) is 6.89. The van der Waals surface area contributed by atoms with Crippen LogP contribution < -0.4 is 0 Å².